The molecule has 0 aromatic heterocycles. The molecule has 14 heteroatoms. The van der Waals surface area contributed by atoms with Crippen LogP contribution >= 0.6 is 0 Å². The first-order chi connectivity index (χ1) is 32.3. The van der Waals surface area contributed by atoms with Gasteiger partial charge in [0.1, 0.15) is 6.61 Å². The van der Waals surface area contributed by atoms with Crippen molar-refractivity contribution >= 4 is 5.97 Å². The molecule has 0 atom stereocenters. The maximum absolute atomic E-state index is 11.8. The van der Waals surface area contributed by atoms with Gasteiger partial charge in [0.2, 0.25) is 0 Å². The highest BCUT2D eigenvalue weighted by atomic mass is 16.6. The summed E-state index contributed by atoms with van der Waals surface area (Å²) in [4.78, 5) is 11.8. The second kappa shape index (κ2) is 61.0. The Morgan fingerprint density at radius 2 is 0.400 bits per heavy atom. The number of unbranched alkanes of at least 4 members (excludes halogenated alkanes) is 20. The first-order valence-corrected chi connectivity index (χ1v) is 26.4. The predicted octanol–water partition coefficient (Wildman–Crippen LogP) is 9.74. The molecule has 0 unspecified atom stereocenters. The van der Waals surface area contributed by atoms with Gasteiger partial charge in [0.05, 0.1) is 152 Å². The molecule has 0 saturated carbocycles. The van der Waals surface area contributed by atoms with E-state index in [1.54, 1.807) is 0 Å². The number of rotatable bonds is 60. The maximum Gasteiger partial charge on any atom is 0.305 e. The molecule has 0 aliphatic carbocycles. The van der Waals surface area contributed by atoms with Crippen molar-refractivity contribution in [2.24, 2.45) is 0 Å². The lowest BCUT2D eigenvalue weighted by molar-refractivity contribution is -0.145. The lowest BCUT2D eigenvalue weighted by atomic mass is 10.0. The fraction of sp³-hybridized carbons (Fsp3) is 0.980. The molecule has 0 aliphatic rings. The Morgan fingerprint density at radius 1 is 0.215 bits per heavy atom. The van der Waals surface area contributed by atoms with Gasteiger partial charge in [-0.3, -0.25) is 4.79 Å². The van der Waals surface area contributed by atoms with Crippen LogP contribution in [0.5, 0.6) is 0 Å². The summed E-state index contributed by atoms with van der Waals surface area (Å²) in [6.07, 6.45) is 29.3. The van der Waals surface area contributed by atoms with Gasteiger partial charge in [0, 0.05) is 13.0 Å². The molecule has 0 aromatic carbocycles. The Balaban J connectivity index is 3.10. The molecule has 0 rings (SSSR count). The van der Waals surface area contributed by atoms with E-state index in [0.29, 0.717) is 158 Å². The van der Waals surface area contributed by atoms with Gasteiger partial charge in [-0.2, -0.15) is 0 Å². The third-order valence-electron chi connectivity index (χ3n) is 10.5. The van der Waals surface area contributed by atoms with Crippen LogP contribution in [0.3, 0.4) is 0 Å². The van der Waals surface area contributed by atoms with Crippen LogP contribution in [0.2, 0.25) is 0 Å². The van der Waals surface area contributed by atoms with Crippen LogP contribution in [0.1, 0.15) is 162 Å². The van der Waals surface area contributed by atoms with Crippen molar-refractivity contribution in [2.45, 2.75) is 162 Å². The van der Waals surface area contributed by atoms with Gasteiger partial charge >= 0.3 is 5.97 Å². The number of carbonyl (C=O) groups is 1. The van der Waals surface area contributed by atoms with Crippen molar-refractivity contribution in [3.63, 3.8) is 0 Å². The lowest BCUT2D eigenvalue weighted by Crippen LogP contribution is -2.15. The van der Waals surface area contributed by atoms with Gasteiger partial charge in [-0.25, -0.2) is 0 Å². The minimum Gasteiger partial charge on any atom is -0.463 e. The molecular formula is C51H102O14. The molecule has 0 fully saturated rings. The SMILES string of the molecule is CCCCCCCCCCCCCCCOCCOCCOCCOCCOCCOCCOCCOCCOCCOCCOCCOCCOC(=O)CCCCCCCCCCC. The Morgan fingerprint density at radius 3 is 0.646 bits per heavy atom. The smallest absolute Gasteiger partial charge is 0.305 e. The molecule has 0 aliphatic heterocycles. The second-order valence-corrected chi connectivity index (χ2v) is 16.4. The lowest BCUT2D eigenvalue weighted by Gasteiger charge is -2.09. The van der Waals surface area contributed by atoms with Gasteiger partial charge in [0.15, 0.2) is 0 Å². The van der Waals surface area contributed by atoms with Gasteiger partial charge in [-0.1, -0.05) is 142 Å². The van der Waals surface area contributed by atoms with Crippen LogP contribution in [-0.2, 0) is 66.4 Å². The average Bonchev–Trinajstić information content (AvgIpc) is 3.31. The van der Waals surface area contributed by atoms with Crippen molar-refractivity contribution in [3.05, 3.63) is 0 Å². The molecule has 0 aromatic rings. The molecule has 0 N–H and O–H groups in total. The Bertz CT molecular complexity index is 858. The largest absolute Gasteiger partial charge is 0.463 e. The molecule has 0 saturated heterocycles. The molecule has 0 spiro atoms. The standard InChI is InChI=1S/C51H102O14/c1-3-5-7-9-11-13-14-15-16-18-20-22-24-26-53-27-28-54-29-30-55-31-32-56-33-34-57-35-36-58-37-38-59-39-40-60-41-42-61-43-44-62-45-46-63-47-48-64-49-50-65-51(52)25-23-21-19-17-12-10-8-6-4-2/h3-50H2,1-2H3. The zero-order chi connectivity index (χ0) is 46.7. The summed E-state index contributed by atoms with van der Waals surface area (Å²) >= 11 is 0. The van der Waals surface area contributed by atoms with Gasteiger partial charge in [-0.05, 0) is 12.8 Å². The Labute approximate surface area is 398 Å². The number of carbonyl (C=O) groups excluding carboxylic acids is 1. The summed E-state index contributed by atoms with van der Waals surface area (Å²) in [7, 11) is 0. The molecule has 14 nitrogen and oxygen atoms in total. The maximum atomic E-state index is 11.8. The Hall–Kier alpha value is -1.01. The van der Waals surface area contributed by atoms with E-state index in [-0.39, 0.29) is 12.6 Å². The van der Waals surface area contributed by atoms with Crippen molar-refractivity contribution in [1.82, 2.24) is 0 Å². The minimum absolute atomic E-state index is 0.136. The van der Waals surface area contributed by atoms with Crippen molar-refractivity contribution < 1.29 is 66.4 Å². The van der Waals surface area contributed by atoms with E-state index >= 15 is 0 Å². The molecule has 0 bridgehead atoms. The molecule has 65 heavy (non-hydrogen) atoms. The predicted molar refractivity (Wildman–Crippen MR) is 258 cm³/mol. The normalized spacial score (nSPS) is 11.6. The molecule has 390 valence electrons. The highest BCUT2D eigenvalue weighted by molar-refractivity contribution is 5.69. The first kappa shape index (κ1) is 64.0. The summed E-state index contributed by atoms with van der Waals surface area (Å²) in [5.74, 6) is -0.136. The molecule has 0 amide bonds. The van der Waals surface area contributed by atoms with E-state index in [4.69, 9.17) is 61.6 Å². The molecule has 0 heterocycles. The third-order valence-corrected chi connectivity index (χ3v) is 10.5. The number of esters is 1. The summed E-state index contributed by atoms with van der Waals surface area (Å²) in [5, 5.41) is 0. The van der Waals surface area contributed by atoms with Crippen LogP contribution in [0, 0.1) is 0 Å². The van der Waals surface area contributed by atoms with Gasteiger partial charge < -0.3 is 61.6 Å². The minimum atomic E-state index is -0.136. The van der Waals surface area contributed by atoms with Crippen LogP contribution in [0.25, 0.3) is 0 Å². The van der Waals surface area contributed by atoms with Gasteiger partial charge in [-0.15, -0.1) is 0 Å². The zero-order valence-electron chi connectivity index (χ0n) is 42.2. The summed E-state index contributed by atoms with van der Waals surface area (Å²) in [6, 6.07) is 0. The van der Waals surface area contributed by atoms with Crippen LogP contribution in [0.4, 0.5) is 0 Å². The van der Waals surface area contributed by atoms with Crippen LogP contribution < -0.4 is 0 Å². The summed E-state index contributed by atoms with van der Waals surface area (Å²) in [6.45, 7) is 17.4. The van der Waals surface area contributed by atoms with E-state index in [1.807, 2.05) is 0 Å². The quantitative estimate of drug-likeness (QED) is 0.0423. The van der Waals surface area contributed by atoms with E-state index in [0.717, 1.165) is 25.9 Å². The number of ether oxygens (including phenoxy) is 13. The van der Waals surface area contributed by atoms with Crippen molar-refractivity contribution in [2.75, 3.05) is 165 Å². The van der Waals surface area contributed by atoms with E-state index in [2.05, 4.69) is 13.8 Å². The third kappa shape index (κ3) is 61.0. The number of hydrogen-bond acceptors (Lipinski definition) is 14. The van der Waals surface area contributed by atoms with Crippen molar-refractivity contribution in [1.29, 1.82) is 0 Å². The monoisotopic (exact) mass is 939 g/mol. The van der Waals surface area contributed by atoms with E-state index in [9.17, 15) is 4.79 Å². The highest BCUT2D eigenvalue weighted by Gasteiger charge is 2.03. The topological polar surface area (TPSA) is 137 Å². The highest BCUT2D eigenvalue weighted by Crippen LogP contribution is 2.13. The fourth-order valence-corrected chi connectivity index (χ4v) is 6.61. The van der Waals surface area contributed by atoms with E-state index < -0.39 is 0 Å². The fourth-order valence-electron chi connectivity index (χ4n) is 6.61. The summed E-state index contributed by atoms with van der Waals surface area (Å²) in [5.41, 5.74) is 0. The molecular weight excluding hydrogens is 837 g/mol. The van der Waals surface area contributed by atoms with Gasteiger partial charge in [0.25, 0.3) is 0 Å². The van der Waals surface area contributed by atoms with Crippen LogP contribution in [0.15, 0.2) is 0 Å². The second-order valence-electron chi connectivity index (χ2n) is 16.4. The average molecular weight is 939 g/mol. The number of hydrogen-bond donors (Lipinski definition) is 0. The Kier molecular flexibility index (Phi) is 60.1. The first-order valence-electron chi connectivity index (χ1n) is 26.4. The molecule has 0 radical (unpaired) electrons. The van der Waals surface area contributed by atoms with Crippen LogP contribution in [-0.4, -0.2) is 171 Å². The zero-order valence-corrected chi connectivity index (χ0v) is 42.2. The summed E-state index contributed by atoms with van der Waals surface area (Å²) < 4.78 is 71.7. The van der Waals surface area contributed by atoms with Crippen molar-refractivity contribution in [3.8, 4) is 0 Å². The van der Waals surface area contributed by atoms with E-state index in [1.165, 1.54) is 122 Å².